The van der Waals surface area contributed by atoms with Crippen molar-refractivity contribution in [2.75, 3.05) is 7.05 Å². The summed E-state index contributed by atoms with van der Waals surface area (Å²) in [5.41, 5.74) is 0.593. The highest BCUT2D eigenvalue weighted by atomic mass is 19.1. The van der Waals surface area contributed by atoms with Gasteiger partial charge in [-0.3, -0.25) is 4.79 Å². The number of carboxylic acid groups (broad SMARTS) is 1. The second kappa shape index (κ2) is 6.17. The lowest BCUT2D eigenvalue weighted by Crippen LogP contribution is -2.26. The first kappa shape index (κ1) is 14.7. The van der Waals surface area contributed by atoms with Crippen LogP contribution in [0.2, 0.25) is 0 Å². The maximum atomic E-state index is 13.3. The lowest BCUT2D eigenvalue weighted by molar-refractivity contribution is 0.0692. The van der Waals surface area contributed by atoms with Gasteiger partial charge in [0.25, 0.3) is 5.91 Å². The van der Waals surface area contributed by atoms with Gasteiger partial charge in [0.15, 0.2) is 0 Å². The number of benzene rings is 2. The van der Waals surface area contributed by atoms with Crippen LogP contribution >= 0.6 is 0 Å². The molecule has 0 aliphatic rings. The van der Waals surface area contributed by atoms with E-state index in [9.17, 15) is 14.0 Å². The highest BCUT2D eigenvalue weighted by Crippen LogP contribution is 2.13. The van der Waals surface area contributed by atoms with Gasteiger partial charge in [0.1, 0.15) is 5.82 Å². The molecule has 108 valence electrons. The number of hydrogen-bond acceptors (Lipinski definition) is 2. The summed E-state index contributed by atoms with van der Waals surface area (Å²) in [5, 5.41) is 8.88. The zero-order valence-electron chi connectivity index (χ0n) is 11.4. The number of carbonyl (C=O) groups excluding carboxylic acids is 1. The molecule has 0 saturated carbocycles. The Kier molecular flexibility index (Phi) is 4.33. The number of halogens is 1. The molecule has 0 spiro atoms. The van der Waals surface area contributed by atoms with Gasteiger partial charge in [-0.1, -0.05) is 30.3 Å². The summed E-state index contributed by atoms with van der Waals surface area (Å²) in [5.74, 6) is -2.61. The topological polar surface area (TPSA) is 57.6 Å². The molecule has 0 heterocycles. The molecule has 0 aliphatic heterocycles. The first-order chi connectivity index (χ1) is 9.99. The molecule has 1 N–H and O–H groups in total. The average Bonchev–Trinajstić information content (AvgIpc) is 2.47. The molecule has 0 bridgehead atoms. The summed E-state index contributed by atoms with van der Waals surface area (Å²) in [7, 11) is 1.61. The number of aromatic carboxylic acids is 1. The van der Waals surface area contributed by atoms with E-state index in [0.717, 1.165) is 17.7 Å². The SMILES string of the molecule is CN(Cc1ccccc1)C(=O)c1ccc(F)c(C(=O)O)c1. The molecular weight excluding hydrogens is 273 g/mol. The van der Waals surface area contributed by atoms with Gasteiger partial charge in [0.05, 0.1) is 5.56 Å². The fourth-order valence-corrected chi connectivity index (χ4v) is 1.97. The van der Waals surface area contributed by atoms with E-state index in [1.165, 1.54) is 11.0 Å². The van der Waals surface area contributed by atoms with Gasteiger partial charge in [0, 0.05) is 19.2 Å². The molecule has 0 unspecified atom stereocenters. The molecule has 0 aliphatic carbocycles. The monoisotopic (exact) mass is 287 g/mol. The van der Waals surface area contributed by atoms with Gasteiger partial charge < -0.3 is 10.0 Å². The van der Waals surface area contributed by atoms with Crippen molar-refractivity contribution in [3.05, 3.63) is 71.0 Å². The first-order valence-electron chi connectivity index (χ1n) is 6.31. The summed E-state index contributed by atoms with van der Waals surface area (Å²) in [6, 6.07) is 12.7. The van der Waals surface area contributed by atoms with Crippen molar-refractivity contribution in [2.24, 2.45) is 0 Å². The van der Waals surface area contributed by atoms with Gasteiger partial charge in [-0.2, -0.15) is 0 Å². The Balaban J connectivity index is 2.20. The molecule has 0 aromatic heterocycles. The van der Waals surface area contributed by atoms with Crippen molar-refractivity contribution in [1.29, 1.82) is 0 Å². The Morgan fingerprint density at radius 2 is 1.81 bits per heavy atom. The number of hydrogen-bond donors (Lipinski definition) is 1. The number of nitrogens with zero attached hydrogens (tertiary/aromatic N) is 1. The minimum Gasteiger partial charge on any atom is -0.478 e. The fourth-order valence-electron chi connectivity index (χ4n) is 1.97. The predicted octanol–water partition coefficient (Wildman–Crippen LogP) is 2.80. The normalized spacial score (nSPS) is 10.2. The minimum absolute atomic E-state index is 0.146. The standard InChI is InChI=1S/C16H14FNO3/c1-18(10-11-5-3-2-4-6-11)15(19)12-7-8-14(17)13(9-12)16(20)21/h2-9H,10H2,1H3,(H,20,21). The van der Waals surface area contributed by atoms with E-state index in [1.807, 2.05) is 30.3 Å². The quantitative estimate of drug-likeness (QED) is 0.940. The van der Waals surface area contributed by atoms with Crippen LogP contribution < -0.4 is 0 Å². The molecule has 0 saturated heterocycles. The Morgan fingerprint density at radius 1 is 1.14 bits per heavy atom. The summed E-state index contributed by atoms with van der Waals surface area (Å²) in [6.45, 7) is 0.388. The molecule has 2 aromatic carbocycles. The molecule has 21 heavy (non-hydrogen) atoms. The maximum Gasteiger partial charge on any atom is 0.338 e. The Morgan fingerprint density at radius 3 is 2.43 bits per heavy atom. The van der Waals surface area contributed by atoms with Crippen molar-refractivity contribution >= 4 is 11.9 Å². The molecule has 2 rings (SSSR count). The maximum absolute atomic E-state index is 13.3. The van der Waals surface area contributed by atoms with Crippen LogP contribution in [0.25, 0.3) is 0 Å². The second-order valence-electron chi connectivity index (χ2n) is 4.65. The predicted molar refractivity (Wildman–Crippen MR) is 75.6 cm³/mol. The van der Waals surface area contributed by atoms with Crippen LogP contribution in [0.5, 0.6) is 0 Å². The van der Waals surface area contributed by atoms with E-state index in [2.05, 4.69) is 0 Å². The van der Waals surface area contributed by atoms with E-state index >= 15 is 0 Å². The van der Waals surface area contributed by atoms with Gasteiger partial charge in [0.2, 0.25) is 0 Å². The molecule has 1 amide bonds. The van der Waals surface area contributed by atoms with Crippen molar-refractivity contribution < 1.29 is 19.1 Å². The van der Waals surface area contributed by atoms with Crippen LogP contribution in [0.1, 0.15) is 26.3 Å². The third kappa shape index (κ3) is 3.45. The van der Waals surface area contributed by atoms with Crippen LogP contribution in [0.15, 0.2) is 48.5 Å². The van der Waals surface area contributed by atoms with E-state index in [-0.39, 0.29) is 11.5 Å². The first-order valence-corrected chi connectivity index (χ1v) is 6.31. The van der Waals surface area contributed by atoms with Crippen LogP contribution in [0.3, 0.4) is 0 Å². The fraction of sp³-hybridized carbons (Fsp3) is 0.125. The Labute approximate surface area is 121 Å². The molecule has 0 atom stereocenters. The van der Waals surface area contributed by atoms with Crippen LogP contribution in [0, 0.1) is 5.82 Å². The zero-order valence-corrected chi connectivity index (χ0v) is 11.4. The van der Waals surface area contributed by atoms with Crippen molar-refractivity contribution in [2.45, 2.75) is 6.54 Å². The van der Waals surface area contributed by atoms with Crippen LogP contribution in [-0.2, 0) is 6.54 Å². The number of carbonyl (C=O) groups is 2. The number of carboxylic acids is 1. The van der Waals surface area contributed by atoms with E-state index < -0.39 is 17.3 Å². The largest absolute Gasteiger partial charge is 0.478 e. The Hall–Kier alpha value is -2.69. The minimum atomic E-state index is -1.40. The summed E-state index contributed by atoms with van der Waals surface area (Å²) in [6.07, 6.45) is 0. The average molecular weight is 287 g/mol. The lowest BCUT2D eigenvalue weighted by atomic mass is 10.1. The molecule has 0 radical (unpaired) electrons. The highest BCUT2D eigenvalue weighted by molar-refractivity contribution is 5.97. The van der Waals surface area contributed by atoms with Crippen LogP contribution in [-0.4, -0.2) is 28.9 Å². The molecular formula is C16H14FNO3. The summed E-state index contributed by atoms with van der Waals surface area (Å²) < 4.78 is 13.3. The smallest absolute Gasteiger partial charge is 0.338 e. The van der Waals surface area contributed by atoms with E-state index in [4.69, 9.17) is 5.11 Å². The summed E-state index contributed by atoms with van der Waals surface area (Å²) >= 11 is 0. The van der Waals surface area contributed by atoms with E-state index in [1.54, 1.807) is 7.05 Å². The van der Waals surface area contributed by atoms with E-state index in [0.29, 0.717) is 6.54 Å². The second-order valence-corrected chi connectivity index (χ2v) is 4.65. The zero-order chi connectivity index (χ0) is 15.4. The van der Waals surface area contributed by atoms with Gasteiger partial charge in [-0.25, -0.2) is 9.18 Å². The lowest BCUT2D eigenvalue weighted by Gasteiger charge is -2.17. The van der Waals surface area contributed by atoms with Gasteiger partial charge in [-0.05, 0) is 23.8 Å². The highest BCUT2D eigenvalue weighted by Gasteiger charge is 2.17. The third-order valence-electron chi connectivity index (χ3n) is 3.05. The molecule has 0 fully saturated rings. The molecule has 2 aromatic rings. The summed E-state index contributed by atoms with van der Waals surface area (Å²) in [4.78, 5) is 24.6. The van der Waals surface area contributed by atoms with Gasteiger partial charge in [-0.15, -0.1) is 0 Å². The number of rotatable bonds is 4. The van der Waals surface area contributed by atoms with Gasteiger partial charge >= 0.3 is 5.97 Å². The number of amides is 1. The van der Waals surface area contributed by atoms with Crippen molar-refractivity contribution in [3.63, 3.8) is 0 Å². The third-order valence-corrected chi connectivity index (χ3v) is 3.05. The Bertz CT molecular complexity index is 670. The van der Waals surface area contributed by atoms with Crippen LogP contribution in [0.4, 0.5) is 4.39 Å². The molecule has 4 nitrogen and oxygen atoms in total. The van der Waals surface area contributed by atoms with Crippen molar-refractivity contribution in [3.8, 4) is 0 Å². The molecule has 5 heteroatoms. The van der Waals surface area contributed by atoms with Crippen molar-refractivity contribution in [1.82, 2.24) is 4.90 Å².